The van der Waals surface area contributed by atoms with E-state index in [-0.39, 0.29) is 5.41 Å². The lowest BCUT2D eigenvalue weighted by atomic mass is 9.90. The molecule has 1 atom stereocenters. The summed E-state index contributed by atoms with van der Waals surface area (Å²) < 4.78 is 5.41. The van der Waals surface area contributed by atoms with Crippen molar-refractivity contribution in [2.75, 3.05) is 19.6 Å². The van der Waals surface area contributed by atoms with Crippen LogP contribution < -0.4 is 5.73 Å². The Hall–Kier alpha value is -1.17. The molecule has 0 radical (unpaired) electrons. The van der Waals surface area contributed by atoms with Gasteiger partial charge in [-0.2, -0.15) is 0 Å². The molecule has 1 aliphatic rings. The Bertz CT molecular complexity index is 537. The van der Waals surface area contributed by atoms with Gasteiger partial charge in [-0.15, -0.1) is 11.3 Å². The van der Waals surface area contributed by atoms with Crippen molar-refractivity contribution in [2.24, 2.45) is 11.1 Å². The molecule has 2 aromatic heterocycles. The molecule has 0 amide bonds. The highest BCUT2D eigenvalue weighted by molar-refractivity contribution is 7.13. The smallest absolute Gasteiger partial charge is 0.177 e. The molecule has 0 bridgehead atoms. The van der Waals surface area contributed by atoms with Crippen molar-refractivity contribution >= 4 is 11.3 Å². The number of thiophene rings is 1. The summed E-state index contributed by atoms with van der Waals surface area (Å²) in [5, 5.41) is 6.21. The van der Waals surface area contributed by atoms with Crippen molar-refractivity contribution in [3.05, 3.63) is 29.3 Å². The van der Waals surface area contributed by atoms with Crippen LogP contribution in [0.25, 0.3) is 10.6 Å². The van der Waals surface area contributed by atoms with Crippen LogP contribution in [-0.4, -0.2) is 29.7 Å². The van der Waals surface area contributed by atoms with Crippen molar-refractivity contribution in [2.45, 2.75) is 19.9 Å². The third-order valence-electron chi connectivity index (χ3n) is 3.84. The second-order valence-electron chi connectivity index (χ2n) is 5.64. The fourth-order valence-electron chi connectivity index (χ4n) is 2.58. The van der Waals surface area contributed by atoms with Crippen molar-refractivity contribution in [3.8, 4) is 10.6 Å². The van der Waals surface area contributed by atoms with Crippen molar-refractivity contribution in [1.82, 2.24) is 10.1 Å². The van der Waals surface area contributed by atoms with E-state index in [4.69, 9.17) is 10.3 Å². The lowest BCUT2D eigenvalue weighted by Gasteiger charge is -2.21. The fourth-order valence-corrected chi connectivity index (χ4v) is 3.25. The van der Waals surface area contributed by atoms with E-state index < -0.39 is 0 Å². The normalized spacial score (nSPS) is 24.1. The molecule has 1 fully saturated rings. The number of hydrogen-bond acceptors (Lipinski definition) is 5. The summed E-state index contributed by atoms with van der Waals surface area (Å²) in [6, 6.07) is 6.12. The highest BCUT2D eigenvalue weighted by Gasteiger charge is 2.32. The van der Waals surface area contributed by atoms with Crippen molar-refractivity contribution in [1.29, 1.82) is 0 Å². The topological polar surface area (TPSA) is 55.3 Å². The van der Waals surface area contributed by atoms with E-state index in [2.05, 4.69) is 23.0 Å². The Kier molecular flexibility index (Phi) is 3.43. The molecule has 1 aliphatic heterocycles. The van der Waals surface area contributed by atoms with E-state index in [9.17, 15) is 0 Å². The Balaban J connectivity index is 1.65. The summed E-state index contributed by atoms with van der Waals surface area (Å²) in [4.78, 5) is 3.54. The molecular formula is C14H19N3OS. The number of hydrogen-bond donors (Lipinski definition) is 1. The maximum absolute atomic E-state index is 5.83. The molecule has 1 saturated heterocycles. The van der Waals surface area contributed by atoms with Crippen molar-refractivity contribution in [3.63, 3.8) is 0 Å². The molecule has 0 aliphatic carbocycles. The van der Waals surface area contributed by atoms with Crippen LogP contribution in [0.5, 0.6) is 0 Å². The van der Waals surface area contributed by atoms with Crippen molar-refractivity contribution < 1.29 is 4.52 Å². The Labute approximate surface area is 117 Å². The van der Waals surface area contributed by atoms with Crippen LogP contribution in [0.15, 0.2) is 28.1 Å². The highest BCUT2D eigenvalue weighted by Crippen LogP contribution is 2.30. The summed E-state index contributed by atoms with van der Waals surface area (Å²) in [7, 11) is 0. The number of aromatic nitrogens is 1. The van der Waals surface area contributed by atoms with Gasteiger partial charge < -0.3 is 10.3 Å². The van der Waals surface area contributed by atoms with Gasteiger partial charge in [-0.3, -0.25) is 4.90 Å². The SMILES string of the molecule is CC1(CN)CCN(Cc2cc(-c3cccs3)on2)C1. The monoisotopic (exact) mass is 277 g/mol. The summed E-state index contributed by atoms with van der Waals surface area (Å²) in [5.74, 6) is 0.866. The van der Waals surface area contributed by atoms with Gasteiger partial charge in [0.05, 0.1) is 10.6 Å². The molecule has 0 aromatic carbocycles. The number of rotatable bonds is 4. The molecule has 0 saturated carbocycles. The zero-order valence-electron chi connectivity index (χ0n) is 11.1. The predicted octanol–water partition coefficient (Wildman–Crippen LogP) is 2.57. The van der Waals surface area contributed by atoms with Crippen LogP contribution in [0, 0.1) is 5.41 Å². The molecule has 5 heteroatoms. The Morgan fingerprint density at radius 1 is 1.58 bits per heavy atom. The molecule has 2 aromatic rings. The number of nitrogens with zero attached hydrogens (tertiary/aromatic N) is 2. The lowest BCUT2D eigenvalue weighted by molar-refractivity contribution is 0.267. The van der Waals surface area contributed by atoms with E-state index in [1.807, 2.05) is 17.5 Å². The largest absolute Gasteiger partial charge is 0.355 e. The van der Waals surface area contributed by atoms with Crippen LogP contribution in [-0.2, 0) is 6.54 Å². The van der Waals surface area contributed by atoms with Gasteiger partial charge in [0.2, 0.25) is 0 Å². The van der Waals surface area contributed by atoms with Gasteiger partial charge in [-0.1, -0.05) is 18.1 Å². The first kappa shape index (κ1) is 12.8. The number of likely N-dealkylation sites (tertiary alicyclic amines) is 1. The third kappa shape index (κ3) is 2.73. The van der Waals surface area contributed by atoms with Gasteiger partial charge in [0.25, 0.3) is 0 Å². The van der Waals surface area contributed by atoms with Gasteiger partial charge in [0, 0.05) is 19.2 Å². The van der Waals surface area contributed by atoms with Crippen LogP contribution in [0.1, 0.15) is 19.0 Å². The average Bonchev–Trinajstić information content (AvgIpc) is 3.11. The van der Waals surface area contributed by atoms with Gasteiger partial charge in [-0.05, 0) is 36.4 Å². The lowest BCUT2D eigenvalue weighted by Crippen LogP contribution is -2.31. The molecule has 3 rings (SSSR count). The highest BCUT2D eigenvalue weighted by atomic mass is 32.1. The van der Waals surface area contributed by atoms with E-state index in [0.717, 1.165) is 42.5 Å². The Morgan fingerprint density at radius 3 is 3.16 bits per heavy atom. The fraction of sp³-hybridized carbons (Fsp3) is 0.500. The maximum Gasteiger partial charge on any atom is 0.177 e. The summed E-state index contributed by atoms with van der Waals surface area (Å²) in [6.45, 7) is 6.00. The van der Waals surface area contributed by atoms with Crippen LogP contribution in [0.3, 0.4) is 0 Å². The standard InChI is InChI=1S/C14H19N3OS/c1-14(9-15)4-5-17(10-14)8-11-7-12(18-16-11)13-3-2-6-19-13/h2-3,6-7H,4-5,8-10,15H2,1H3. The van der Waals surface area contributed by atoms with Gasteiger partial charge in [0.1, 0.15) is 0 Å². The van der Waals surface area contributed by atoms with E-state index in [0.29, 0.717) is 0 Å². The quantitative estimate of drug-likeness (QED) is 0.933. The van der Waals surface area contributed by atoms with E-state index >= 15 is 0 Å². The molecule has 0 spiro atoms. The first-order valence-electron chi connectivity index (χ1n) is 6.60. The minimum absolute atomic E-state index is 0.264. The summed E-state index contributed by atoms with van der Waals surface area (Å²) in [5.41, 5.74) is 7.10. The average molecular weight is 277 g/mol. The van der Waals surface area contributed by atoms with Gasteiger partial charge >= 0.3 is 0 Å². The zero-order chi connectivity index (χ0) is 13.3. The zero-order valence-corrected chi connectivity index (χ0v) is 11.9. The first-order chi connectivity index (χ1) is 9.18. The summed E-state index contributed by atoms with van der Waals surface area (Å²) in [6.07, 6.45) is 1.17. The minimum Gasteiger partial charge on any atom is -0.355 e. The van der Waals surface area contributed by atoms with Gasteiger partial charge in [-0.25, -0.2) is 0 Å². The molecule has 2 N–H and O–H groups in total. The molecule has 102 valence electrons. The number of nitrogens with two attached hydrogens (primary N) is 1. The maximum atomic E-state index is 5.83. The Morgan fingerprint density at radius 2 is 2.47 bits per heavy atom. The summed E-state index contributed by atoms with van der Waals surface area (Å²) >= 11 is 1.67. The molecule has 19 heavy (non-hydrogen) atoms. The predicted molar refractivity (Wildman–Crippen MR) is 76.9 cm³/mol. The van der Waals surface area contributed by atoms with Gasteiger partial charge in [0.15, 0.2) is 5.76 Å². The first-order valence-corrected chi connectivity index (χ1v) is 7.48. The second-order valence-corrected chi connectivity index (χ2v) is 6.58. The molecule has 4 nitrogen and oxygen atoms in total. The minimum atomic E-state index is 0.264. The van der Waals surface area contributed by atoms with E-state index in [1.54, 1.807) is 11.3 Å². The molecule has 3 heterocycles. The molecule has 1 unspecified atom stereocenters. The molecular weight excluding hydrogens is 258 g/mol. The van der Waals surface area contributed by atoms with Crippen LogP contribution in [0.4, 0.5) is 0 Å². The van der Waals surface area contributed by atoms with E-state index in [1.165, 1.54) is 6.42 Å². The van der Waals surface area contributed by atoms with Crippen LogP contribution in [0.2, 0.25) is 0 Å². The second kappa shape index (κ2) is 5.07. The third-order valence-corrected chi connectivity index (χ3v) is 4.72. The van der Waals surface area contributed by atoms with Crippen LogP contribution >= 0.6 is 11.3 Å².